The van der Waals surface area contributed by atoms with Crippen LogP contribution in [0.1, 0.15) is 46.1 Å². The maximum Gasteiger partial charge on any atom is 0.387 e. The maximum absolute atomic E-state index is 14.2. The normalized spacial score (nSPS) is 14.7. The summed E-state index contributed by atoms with van der Waals surface area (Å²) in [5, 5.41) is 17.8. The van der Waals surface area contributed by atoms with E-state index in [0.717, 1.165) is 24.5 Å². The van der Waals surface area contributed by atoms with Crippen LogP contribution in [0.2, 0.25) is 5.02 Å². The number of aryl methyl sites for hydroxylation is 1. The molecule has 210 valence electrons. The third-order valence-electron chi connectivity index (χ3n) is 7.00. The molecular weight excluding hydrogens is 551 g/mol. The summed E-state index contributed by atoms with van der Waals surface area (Å²) in [6, 6.07) is 8.71. The van der Waals surface area contributed by atoms with E-state index in [-0.39, 0.29) is 29.4 Å². The second-order valence-corrected chi connectivity index (χ2v) is 9.92. The molecule has 40 heavy (non-hydrogen) atoms. The van der Waals surface area contributed by atoms with Crippen LogP contribution in [0, 0.1) is 5.82 Å². The number of hydrogen-bond acceptors (Lipinski definition) is 7. The third-order valence-corrected chi connectivity index (χ3v) is 7.23. The molecule has 0 radical (unpaired) electrons. The minimum Gasteiger partial charge on any atom is -0.478 e. The first kappa shape index (κ1) is 27.7. The Morgan fingerprint density at radius 3 is 2.67 bits per heavy atom. The smallest absolute Gasteiger partial charge is 0.387 e. The van der Waals surface area contributed by atoms with Gasteiger partial charge in [0, 0.05) is 23.2 Å². The molecule has 0 saturated carbocycles. The summed E-state index contributed by atoms with van der Waals surface area (Å²) in [6.45, 7) is -1.27. The number of alkyl halides is 2. The fraction of sp³-hybridized carbons (Fsp3) is 0.333. The highest BCUT2D eigenvalue weighted by molar-refractivity contribution is 6.30. The van der Waals surface area contributed by atoms with Gasteiger partial charge in [-0.1, -0.05) is 17.7 Å². The lowest BCUT2D eigenvalue weighted by Crippen LogP contribution is -2.33. The quantitative estimate of drug-likeness (QED) is 0.282. The van der Waals surface area contributed by atoms with Crippen molar-refractivity contribution < 1.29 is 32.5 Å². The summed E-state index contributed by atoms with van der Waals surface area (Å²) in [5.74, 6) is -0.900. The Morgan fingerprint density at radius 1 is 1.20 bits per heavy atom. The number of imidazole rings is 1. The van der Waals surface area contributed by atoms with E-state index in [1.807, 2.05) is 6.07 Å². The minimum atomic E-state index is -3.11. The van der Waals surface area contributed by atoms with Crippen molar-refractivity contribution in [2.45, 2.75) is 38.5 Å². The number of carboxylic acids is 1. The first-order valence-electron chi connectivity index (χ1n) is 12.5. The average Bonchev–Trinajstić information content (AvgIpc) is 3.24. The van der Waals surface area contributed by atoms with Crippen molar-refractivity contribution in [2.75, 3.05) is 13.1 Å². The largest absolute Gasteiger partial charge is 0.478 e. The molecule has 0 amide bonds. The number of aromatic nitrogens is 4. The molecule has 4 aromatic rings. The van der Waals surface area contributed by atoms with Crippen LogP contribution < -0.4 is 9.47 Å². The molecule has 1 aliphatic heterocycles. The number of carbonyl (C=O) groups is 1. The van der Waals surface area contributed by atoms with Crippen LogP contribution in [0.4, 0.5) is 13.2 Å². The number of hydrogen-bond donors (Lipinski definition) is 1. The second-order valence-electron chi connectivity index (χ2n) is 9.48. The molecule has 0 unspecified atom stereocenters. The second kappa shape index (κ2) is 11.7. The summed E-state index contributed by atoms with van der Waals surface area (Å²) < 4.78 is 52.3. The molecule has 1 saturated heterocycles. The molecule has 0 atom stereocenters. The van der Waals surface area contributed by atoms with E-state index in [9.17, 15) is 23.1 Å². The molecule has 0 aliphatic carbocycles. The highest BCUT2D eigenvalue weighted by atomic mass is 35.5. The molecule has 1 aliphatic rings. The zero-order valence-electron chi connectivity index (χ0n) is 21.4. The maximum atomic E-state index is 14.2. The van der Waals surface area contributed by atoms with Gasteiger partial charge in [0.2, 0.25) is 5.88 Å². The van der Waals surface area contributed by atoms with Gasteiger partial charge in [-0.2, -0.15) is 13.9 Å². The van der Waals surface area contributed by atoms with E-state index in [1.54, 1.807) is 29.9 Å². The number of benzene rings is 2. The number of nitrogens with zero attached hydrogens (tertiary/aromatic N) is 5. The monoisotopic (exact) mass is 575 g/mol. The van der Waals surface area contributed by atoms with Gasteiger partial charge in [-0.15, -0.1) is 5.10 Å². The van der Waals surface area contributed by atoms with Crippen LogP contribution >= 0.6 is 11.6 Å². The van der Waals surface area contributed by atoms with Crippen LogP contribution in [0.5, 0.6) is 11.6 Å². The van der Waals surface area contributed by atoms with E-state index in [2.05, 4.69) is 24.8 Å². The minimum absolute atomic E-state index is 0.0128. The van der Waals surface area contributed by atoms with Crippen molar-refractivity contribution in [3.05, 3.63) is 75.9 Å². The summed E-state index contributed by atoms with van der Waals surface area (Å²) >= 11 is 5.83. The summed E-state index contributed by atoms with van der Waals surface area (Å²) in [5.41, 5.74) is 1.65. The van der Waals surface area contributed by atoms with E-state index in [0.29, 0.717) is 47.4 Å². The summed E-state index contributed by atoms with van der Waals surface area (Å²) in [4.78, 5) is 18.2. The van der Waals surface area contributed by atoms with Crippen LogP contribution in [0.15, 0.2) is 42.6 Å². The Kier molecular flexibility index (Phi) is 8.08. The number of piperidine rings is 1. The molecule has 5 rings (SSSR count). The standard InChI is InChI=1S/C27H25ClF3N5O4/c1-35-21-10-17(26(37)38)11-22(40-27(30)31)24(21)33-23(35)13-36-8-5-15(6-9-36)19-4-7-32-34-25(19)39-14-16-2-3-18(28)12-20(16)29/h2-4,7,10-12,15,27H,5-6,8-9,13-14H2,1H3,(H,37,38). The van der Waals surface area contributed by atoms with Crippen molar-refractivity contribution in [2.24, 2.45) is 7.05 Å². The molecular formula is C27H25ClF3N5O4. The van der Waals surface area contributed by atoms with Crippen molar-refractivity contribution >= 4 is 28.6 Å². The Hall–Kier alpha value is -3.90. The van der Waals surface area contributed by atoms with Gasteiger partial charge in [-0.25, -0.2) is 14.2 Å². The molecule has 2 aromatic carbocycles. The predicted octanol–water partition coefficient (Wildman–Crippen LogP) is 5.41. The van der Waals surface area contributed by atoms with Gasteiger partial charge in [0.05, 0.1) is 23.8 Å². The van der Waals surface area contributed by atoms with Crippen LogP contribution in [0.3, 0.4) is 0 Å². The summed E-state index contributed by atoms with van der Waals surface area (Å²) in [7, 11) is 1.71. The lowest BCUT2D eigenvalue weighted by molar-refractivity contribution is -0.0489. The van der Waals surface area contributed by atoms with Crippen LogP contribution in [-0.2, 0) is 20.2 Å². The lowest BCUT2D eigenvalue weighted by Gasteiger charge is -2.32. The SMILES string of the molecule is Cn1c(CN2CCC(c3ccnnc3OCc3ccc(Cl)cc3F)CC2)nc2c(OC(F)F)cc(C(=O)O)cc21. The number of halogens is 4. The van der Waals surface area contributed by atoms with Crippen molar-refractivity contribution in [1.29, 1.82) is 0 Å². The molecule has 2 aromatic heterocycles. The van der Waals surface area contributed by atoms with Crippen molar-refractivity contribution in [1.82, 2.24) is 24.6 Å². The predicted molar refractivity (Wildman–Crippen MR) is 139 cm³/mol. The van der Waals surface area contributed by atoms with Gasteiger partial charge < -0.3 is 19.1 Å². The number of carboxylic acid groups (broad SMARTS) is 1. The molecule has 0 spiro atoms. The van der Waals surface area contributed by atoms with Gasteiger partial charge >= 0.3 is 12.6 Å². The molecule has 3 heterocycles. The van der Waals surface area contributed by atoms with E-state index < -0.39 is 18.4 Å². The first-order chi connectivity index (χ1) is 19.2. The van der Waals surface area contributed by atoms with Gasteiger partial charge in [0.15, 0.2) is 5.75 Å². The van der Waals surface area contributed by atoms with Crippen molar-refractivity contribution in [3.63, 3.8) is 0 Å². The third kappa shape index (κ3) is 5.97. The molecule has 0 bridgehead atoms. The number of fused-ring (bicyclic) bond motifs is 1. The van der Waals surface area contributed by atoms with Crippen molar-refractivity contribution in [3.8, 4) is 11.6 Å². The molecule has 13 heteroatoms. The molecule has 9 nitrogen and oxygen atoms in total. The Labute approximate surface area is 232 Å². The number of aromatic carboxylic acids is 1. The van der Waals surface area contributed by atoms with Crippen LogP contribution in [-0.4, -0.2) is 55.4 Å². The Bertz CT molecular complexity index is 1540. The van der Waals surface area contributed by atoms with E-state index in [4.69, 9.17) is 16.3 Å². The number of likely N-dealkylation sites (tertiary alicyclic amines) is 1. The zero-order chi connectivity index (χ0) is 28.4. The molecule has 1 fully saturated rings. The number of rotatable bonds is 9. The van der Waals surface area contributed by atoms with E-state index in [1.165, 1.54) is 12.1 Å². The highest BCUT2D eigenvalue weighted by Crippen LogP contribution is 2.34. The fourth-order valence-electron chi connectivity index (χ4n) is 4.89. The Balaban J connectivity index is 1.27. The van der Waals surface area contributed by atoms with Gasteiger partial charge in [0.25, 0.3) is 0 Å². The van der Waals surface area contributed by atoms with E-state index >= 15 is 0 Å². The fourth-order valence-corrected chi connectivity index (χ4v) is 5.05. The average molecular weight is 576 g/mol. The Morgan fingerprint density at radius 2 is 1.98 bits per heavy atom. The first-order valence-corrected chi connectivity index (χ1v) is 12.9. The van der Waals surface area contributed by atoms with Crippen LogP contribution in [0.25, 0.3) is 11.0 Å². The topological polar surface area (TPSA) is 103 Å². The molecule has 1 N–H and O–H groups in total. The lowest BCUT2D eigenvalue weighted by atomic mass is 9.90. The number of ether oxygens (including phenoxy) is 2. The zero-order valence-corrected chi connectivity index (χ0v) is 22.1. The highest BCUT2D eigenvalue weighted by Gasteiger charge is 2.26. The van der Waals surface area contributed by atoms with Gasteiger partial charge in [0.1, 0.15) is 23.8 Å². The van der Waals surface area contributed by atoms with Gasteiger partial charge in [-0.05, 0) is 62.2 Å². The summed E-state index contributed by atoms with van der Waals surface area (Å²) in [6.07, 6.45) is 3.16. The van der Waals surface area contributed by atoms with Gasteiger partial charge in [-0.3, -0.25) is 4.90 Å².